The second kappa shape index (κ2) is 9.84. The number of nitrogens with zero attached hydrogens (tertiary/aromatic N) is 1. The van der Waals surface area contributed by atoms with Gasteiger partial charge in [-0.15, -0.1) is 0 Å². The van der Waals surface area contributed by atoms with Crippen molar-refractivity contribution in [3.63, 3.8) is 0 Å². The van der Waals surface area contributed by atoms with E-state index in [1.165, 1.54) is 13.2 Å². The Kier molecular flexibility index (Phi) is 6.51. The maximum Gasteiger partial charge on any atom is 0.336 e. The Morgan fingerprint density at radius 2 is 1.82 bits per heavy atom. The van der Waals surface area contributed by atoms with Crippen molar-refractivity contribution in [2.24, 2.45) is 5.73 Å². The number of hydrogen-bond donors (Lipinski definition) is 1. The first kappa shape index (κ1) is 22.5. The highest BCUT2D eigenvalue weighted by molar-refractivity contribution is 5.88. The summed E-state index contributed by atoms with van der Waals surface area (Å²) in [5.41, 5.74) is 8.60. The maximum atomic E-state index is 12.3. The fraction of sp³-hybridized carbons (Fsp3) is 0.111. The molecule has 1 atom stereocenters. The van der Waals surface area contributed by atoms with Crippen LogP contribution in [0.3, 0.4) is 0 Å². The van der Waals surface area contributed by atoms with Crippen LogP contribution in [0.5, 0.6) is 23.0 Å². The molecule has 7 nitrogen and oxygen atoms in total. The summed E-state index contributed by atoms with van der Waals surface area (Å²) >= 11 is 0. The Morgan fingerprint density at radius 3 is 2.53 bits per heavy atom. The van der Waals surface area contributed by atoms with Gasteiger partial charge in [0.1, 0.15) is 23.1 Å². The first-order valence-electron chi connectivity index (χ1n) is 10.4. The summed E-state index contributed by atoms with van der Waals surface area (Å²) in [6.07, 6.45) is 3.02. The highest BCUT2D eigenvalue weighted by Crippen LogP contribution is 2.47. The number of esters is 1. The Labute approximate surface area is 197 Å². The van der Waals surface area contributed by atoms with Crippen LogP contribution in [0.1, 0.15) is 22.6 Å². The van der Waals surface area contributed by atoms with Crippen LogP contribution in [0.2, 0.25) is 0 Å². The van der Waals surface area contributed by atoms with Gasteiger partial charge in [0.15, 0.2) is 11.5 Å². The van der Waals surface area contributed by atoms with E-state index in [0.29, 0.717) is 28.4 Å². The number of nitriles is 1. The predicted molar refractivity (Wildman–Crippen MR) is 126 cm³/mol. The molecule has 3 aromatic carbocycles. The summed E-state index contributed by atoms with van der Waals surface area (Å²) in [7, 11) is 3.08. The molecule has 1 aliphatic heterocycles. The molecule has 0 fully saturated rings. The number of para-hydroxylation sites is 1. The van der Waals surface area contributed by atoms with Crippen LogP contribution in [0, 0.1) is 11.3 Å². The summed E-state index contributed by atoms with van der Waals surface area (Å²) in [5, 5.41) is 9.82. The Bertz CT molecular complexity index is 1320. The van der Waals surface area contributed by atoms with E-state index in [-0.39, 0.29) is 17.2 Å². The summed E-state index contributed by atoms with van der Waals surface area (Å²) in [6, 6.07) is 22.0. The molecule has 170 valence electrons. The molecule has 0 aliphatic carbocycles. The van der Waals surface area contributed by atoms with E-state index < -0.39 is 11.9 Å². The molecule has 0 bridgehead atoms. The van der Waals surface area contributed by atoms with E-state index in [2.05, 4.69) is 6.07 Å². The lowest BCUT2D eigenvalue weighted by molar-refractivity contribution is -0.128. The van der Waals surface area contributed by atoms with Gasteiger partial charge in [-0.25, -0.2) is 4.79 Å². The van der Waals surface area contributed by atoms with Gasteiger partial charge < -0.3 is 24.7 Å². The standard InChI is InChI=1S/C27H22N2O5/c1-31-22-10-6-9-20(26(22)32-2)25-19-13-12-18(15-23(19)34-27(29)21(25)16-28)33-24(30)14-11-17-7-4-3-5-8-17/h3-15,25H,29H2,1-2H3/b14-11+. The molecule has 34 heavy (non-hydrogen) atoms. The average Bonchev–Trinajstić information content (AvgIpc) is 2.86. The van der Waals surface area contributed by atoms with Gasteiger partial charge in [0.2, 0.25) is 5.88 Å². The van der Waals surface area contributed by atoms with Gasteiger partial charge in [0.25, 0.3) is 0 Å². The van der Waals surface area contributed by atoms with Gasteiger partial charge in [-0.2, -0.15) is 5.26 Å². The summed E-state index contributed by atoms with van der Waals surface area (Å²) in [6.45, 7) is 0. The zero-order chi connectivity index (χ0) is 24.1. The zero-order valence-electron chi connectivity index (χ0n) is 18.6. The molecule has 0 radical (unpaired) electrons. The van der Waals surface area contributed by atoms with E-state index in [1.807, 2.05) is 42.5 Å². The van der Waals surface area contributed by atoms with E-state index in [4.69, 9.17) is 24.7 Å². The number of carbonyl (C=O) groups excluding carboxylic acids is 1. The molecule has 1 aliphatic rings. The van der Waals surface area contributed by atoms with Crippen molar-refractivity contribution in [1.82, 2.24) is 0 Å². The second-order valence-electron chi connectivity index (χ2n) is 7.37. The highest BCUT2D eigenvalue weighted by atomic mass is 16.5. The monoisotopic (exact) mass is 454 g/mol. The van der Waals surface area contributed by atoms with E-state index in [0.717, 1.165) is 5.56 Å². The van der Waals surface area contributed by atoms with Crippen molar-refractivity contribution < 1.29 is 23.7 Å². The molecule has 1 unspecified atom stereocenters. The van der Waals surface area contributed by atoms with Gasteiger partial charge in [0.05, 0.1) is 20.1 Å². The highest BCUT2D eigenvalue weighted by Gasteiger charge is 2.33. The summed E-state index contributed by atoms with van der Waals surface area (Å²) < 4.78 is 22.2. The first-order valence-corrected chi connectivity index (χ1v) is 10.4. The number of ether oxygens (including phenoxy) is 4. The van der Waals surface area contributed by atoms with Crippen LogP contribution in [0.25, 0.3) is 6.08 Å². The van der Waals surface area contributed by atoms with Crippen LogP contribution in [0.15, 0.2) is 84.3 Å². The summed E-state index contributed by atoms with van der Waals surface area (Å²) in [4.78, 5) is 12.3. The fourth-order valence-corrected chi connectivity index (χ4v) is 3.84. The number of rotatable bonds is 6. The predicted octanol–water partition coefficient (Wildman–Crippen LogP) is 4.54. The average molecular weight is 454 g/mol. The van der Waals surface area contributed by atoms with E-state index in [1.54, 1.807) is 37.5 Å². The lowest BCUT2D eigenvalue weighted by Crippen LogP contribution is -2.21. The third-order valence-electron chi connectivity index (χ3n) is 5.36. The van der Waals surface area contributed by atoms with Gasteiger partial charge in [-0.1, -0.05) is 48.5 Å². The van der Waals surface area contributed by atoms with Gasteiger partial charge in [-0.05, 0) is 23.8 Å². The molecule has 1 heterocycles. The molecule has 0 aromatic heterocycles. The van der Waals surface area contributed by atoms with Gasteiger partial charge >= 0.3 is 5.97 Å². The Hall–Kier alpha value is -4.70. The quantitative estimate of drug-likeness (QED) is 0.331. The molecular weight excluding hydrogens is 432 g/mol. The SMILES string of the molecule is COc1cccc(C2C(C#N)=C(N)Oc3cc(OC(=O)/C=C/c4ccccc4)ccc32)c1OC. The Morgan fingerprint density at radius 1 is 1.03 bits per heavy atom. The van der Waals surface area contributed by atoms with Crippen LogP contribution in [-0.2, 0) is 4.79 Å². The number of fused-ring (bicyclic) bond motifs is 1. The number of carbonyl (C=O) groups is 1. The van der Waals surface area contributed by atoms with Crippen molar-refractivity contribution >= 4 is 12.0 Å². The molecule has 0 amide bonds. The van der Waals surface area contributed by atoms with Crippen molar-refractivity contribution in [2.45, 2.75) is 5.92 Å². The molecule has 0 spiro atoms. The van der Waals surface area contributed by atoms with Crippen LogP contribution < -0.4 is 24.7 Å². The molecule has 4 rings (SSSR count). The van der Waals surface area contributed by atoms with Crippen molar-refractivity contribution in [3.8, 4) is 29.1 Å². The van der Waals surface area contributed by atoms with Crippen LogP contribution >= 0.6 is 0 Å². The molecule has 7 heteroatoms. The number of methoxy groups -OCH3 is 2. The van der Waals surface area contributed by atoms with E-state index >= 15 is 0 Å². The zero-order valence-corrected chi connectivity index (χ0v) is 18.6. The number of nitrogens with two attached hydrogens (primary N) is 1. The maximum absolute atomic E-state index is 12.3. The van der Waals surface area contributed by atoms with Crippen LogP contribution in [0.4, 0.5) is 0 Å². The van der Waals surface area contributed by atoms with Crippen molar-refractivity contribution in [2.75, 3.05) is 14.2 Å². The third kappa shape index (κ3) is 4.43. The molecule has 0 saturated carbocycles. The molecule has 2 N–H and O–H groups in total. The largest absolute Gasteiger partial charge is 0.493 e. The van der Waals surface area contributed by atoms with E-state index in [9.17, 15) is 10.1 Å². The lowest BCUT2D eigenvalue weighted by atomic mass is 9.83. The third-order valence-corrected chi connectivity index (χ3v) is 5.36. The smallest absolute Gasteiger partial charge is 0.336 e. The van der Waals surface area contributed by atoms with Crippen molar-refractivity contribution in [1.29, 1.82) is 5.26 Å². The lowest BCUT2D eigenvalue weighted by Gasteiger charge is -2.28. The van der Waals surface area contributed by atoms with Gasteiger partial charge in [-0.3, -0.25) is 0 Å². The number of benzene rings is 3. The minimum atomic E-state index is -0.554. The second-order valence-corrected chi connectivity index (χ2v) is 7.37. The molecular formula is C27H22N2O5. The van der Waals surface area contributed by atoms with Crippen molar-refractivity contribution in [3.05, 3.63) is 101 Å². The van der Waals surface area contributed by atoms with Gasteiger partial charge in [0, 0.05) is 23.3 Å². The minimum absolute atomic E-state index is 0.0303. The fourth-order valence-electron chi connectivity index (χ4n) is 3.84. The summed E-state index contributed by atoms with van der Waals surface area (Å²) in [5.74, 6) is 0.560. The number of allylic oxidation sites excluding steroid dienone is 1. The molecule has 0 saturated heterocycles. The topological polar surface area (TPSA) is 104 Å². The number of hydrogen-bond acceptors (Lipinski definition) is 7. The minimum Gasteiger partial charge on any atom is -0.493 e. The molecule has 3 aromatic rings. The van der Waals surface area contributed by atoms with Crippen LogP contribution in [-0.4, -0.2) is 20.2 Å². The normalized spacial score (nSPS) is 14.7. The Balaban J connectivity index is 1.68. The first-order chi connectivity index (χ1) is 16.5.